The van der Waals surface area contributed by atoms with Crippen molar-refractivity contribution in [2.24, 2.45) is 5.92 Å². The van der Waals surface area contributed by atoms with Crippen molar-refractivity contribution in [3.8, 4) is 17.2 Å². The van der Waals surface area contributed by atoms with Crippen LogP contribution in [-0.4, -0.2) is 55.9 Å². The Morgan fingerprint density at radius 2 is 1.76 bits per heavy atom. The molecule has 1 aliphatic carbocycles. The molecule has 1 amide bonds. The fraction of sp³-hybridized carbons (Fsp3) is 0.500. The number of carbonyl (C=O) groups is 1. The minimum Gasteiger partial charge on any atom is -0.493 e. The van der Waals surface area contributed by atoms with Crippen LogP contribution in [0.25, 0.3) is 0 Å². The van der Waals surface area contributed by atoms with Gasteiger partial charge in [-0.15, -0.1) is 0 Å². The maximum absolute atomic E-state index is 13.0. The number of anilines is 1. The van der Waals surface area contributed by atoms with Gasteiger partial charge >= 0.3 is 0 Å². The number of aliphatic hydroxyl groups is 1. The standard InChI is InChI=1S/C26H33ClN2O5/c1-32-21-14-17(15-22(33-2)25(21)34-3)24-20-6-4-5-11-26(20,31)12-13-29(24)16-23(30)28-19-9-7-18(27)8-10-19/h7-10,14-15,20,24,31H,4-6,11-13,16H2,1-3H3,(H,28,30)/t20-,24-,26-/m0/s1. The summed E-state index contributed by atoms with van der Waals surface area (Å²) in [5, 5.41) is 15.1. The van der Waals surface area contributed by atoms with Gasteiger partial charge in [-0.25, -0.2) is 0 Å². The summed E-state index contributed by atoms with van der Waals surface area (Å²) in [6.45, 7) is 0.818. The number of amides is 1. The van der Waals surface area contributed by atoms with Gasteiger partial charge in [-0.2, -0.15) is 0 Å². The van der Waals surface area contributed by atoms with E-state index in [0.29, 0.717) is 40.9 Å². The molecule has 0 unspecified atom stereocenters. The lowest BCUT2D eigenvalue weighted by Crippen LogP contribution is -2.56. The molecule has 3 atom stereocenters. The summed E-state index contributed by atoms with van der Waals surface area (Å²) >= 11 is 5.97. The highest BCUT2D eigenvalue weighted by Gasteiger charge is 2.49. The maximum atomic E-state index is 13.0. The molecule has 0 radical (unpaired) electrons. The predicted octanol–water partition coefficient (Wildman–Crippen LogP) is 4.67. The number of ether oxygens (including phenoxy) is 3. The van der Waals surface area contributed by atoms with E-state index in [1.54, 1.807) is 45.6 Å². The number of nitrogens with zero attached hydrogens (tertiary/aromatic N) is 1. The van der Waals surface area contributed by atoms with Crippen LogP contribution in [0.3, 0.4) is 0 Å². The first-order valence-corrected chi connectivity index (χ1v) is 12.1. The molecule has 0 aromatic heterocycles. The molecule has 1 aliphatic heterocycles. The second-order valence-corrected chi connectivity index (χ2v) is 9.57. The Labute approximate surface area is 205 Å². The predicted molar refractivity (Wildman–Crippen MR) is 132 cm³/mol. The molecule has 1 saturated heterocycles. The van der Waals surface area contributed by atoms with Crippen LogP contribution < -0.4 is 19.5 Å². The topological polar surface area (TPSA) is 80.3 Å². The molecule has 2 aromatic rings. The summed E-state index contributed by atoms with van der Waals surface area (Å²) in [7, 11) is 4.76. The van der Waals surface area contributed by atoms with Gasteiger partial charge in [0.25, 0.3) is 0 Å². The van der Waals surface area contributed by atoms with E-state index in [4.69, 9.17) is 25.8 Å². The van der Waals surface area contributed by atoms with Gasteiger partial charge in [-0.1, -0.05) is 24.4 Å². The molecule has 1 heterocycles. The SMILES string of the molecule is COc1cc([C@H]2[C@@H]3CCCC[C@]3(O)CCN2CC(=O)Nc2ccc(Cl)cc2)cc(OC)c1OC. The van der Waals surface area contributed by atoms with Crippen molar-refractivity contribution in [3.63, 3.8) is 0 Å². The Hall–Kier alpha value is -2.48. The van der Waals surface area contributed by atoms with E-state index in [0.717, 1.165) is 31.2 Å². The molecule has 0 spiro atoms. The van der Waals surface area contributed by atoms with Crippen LogP contribution in [0, 0.1) is 5.92 Å². The third kappa shape index (κ3) is 4.97. The van der Waals surface area contributed by atoms with Crippen LogP contribution in [0.15, 0.2) is 36.4 Å². The number of fused-ring (bicyclic) bond motifs is 1. The van der Waals surface area contributed by atoms with Gasteiger partial charge in [0.15, 0.2) is 11.5 Å². The fourth-order valence-corrected chi connectivity index (χ4v) is 5.68. The highest BCUT2D eigenvalue weighted by atomic mass is 35.5. The minimum absolute atomic E-state index is 0.00105. The Balaban J connectivity index is 1.67. The van der Waals surface area contributed by atoms with Crippen LogP contribution in [0.1, 0.15) is 43.7 Å². The molecule has 2 fully saturated rings. The third-order valence-electron chi connectivity index (χ3n) is 7.17. The maximum Gasteiger partial charge on any atom is 0.238 e. The van der Waals surface area contributed by atoms with Gasteiger partial charge in [0.05, 0.1) is 33.5 Å². The van der Waals surface area contributed by atoms with Gasteiger partial charge in [-0.05, 0) is 61.2 Å². The molecule has 184 valence electrons. The molecule has 8 heteroatoms. The number of carbonyl (C=O) groups excluding carboxylic acids is 1. The number of benzene rings is 2. The van der Waals surface area contributed by atoms with E-state index in [2.05, 4.69) is 10.2 Å². The van der Waals surface area contributed by atoms with Crippen LogP contribution >= 0.6 is 11.6 Å². The minimum atomic E-state index is -0.744. The Kier molecular flexibility index (Phi) is 7.55. The lowest BCUT2D eigenvalue weighted by Gasteiger charge is -2.52. The van der Waals surface area contributed by atoms with Crippen molar-refractivity contribution in [1.29, 1.82) is 0 Å². The van der Waals surface area contributed by atoms with Crippen molar-refractivity contribution in [1.82, 2.24) is 4.90 Å². The van der Waals surface area contributed by atoms with Crippen LogP contribution in [0.5, 0.6) is 17.2 Å². The van der Waals surface area contributed by atoms with Gasteiger partial charge in [0.1, 0.15) is 0 Å². The zero-order chi connectivity index (χ0) is 24.3. The lowest BCUT2D eigenvalue weighted by molar-refractivity contribution is -0.135. The summed E-state index contributed by atoms with van der Waals surface area (Å²) in [6.07, 6.45) is 4.40. The second-order valence-electron chi connectivity index (χ2n) is 9.13. The molecule has 34 heavy (non-hydrogen) atoms. The van der Waals surface area contributed by atoms with Crippen molar-refractivity contribution in [3.05, 3.63) is 47.0 Å². The van der Waals surface area contributed by atoms with Crippen molar-refractivity contribution in [2.75, 3.05) is 39.7 Å². The Bertz CT molecular complexity index is 990. The van der Waals surface area contributed by atoms with Crippen molar-refractivity contribution in [2.45, 2.75) is 43.7 Å². The number of rotatable bonds is 7. The first-order valence-electron chi connectivity index (χ1n) is 11.7. The van der Waals surface area contributed by atoms with Crippen LogP contribution in [0.4, 0.5) is 5.69 Å². The largest absolute Gasteiger partial charge is 0.493 e. The quantitative estimate of drug-likeness (QED) is 0.589. The van der Waals surface area contributed by atoms with E-state index >= 15 is 0 Å². The smallest absolute Gasteiger partial charge is 0.238 e. The number of hydrogen-bond donors (Lipinski definition) is 2. The lowest BCUT2D eigenvalue weighted by atomic mass is 9.66. The summed E-state index contributed by atoms with van der Waals surface area (Å²) < 4.78 is 16.7. The zero-order valence-corrected chi connectivity index (χ0v) is 20.7. The Morgan fingerprint density at radius 3 is 2.38 bits per heavy atom. The van der Waals surface area contributed by atoms with Gasteiger partial charge in [0, 0.05) is 29.2 Å². The molecule has 2 aromatic carbocycles. The molecule has 4 rings (SSSR count). The van der Waals surface area contributed by atoms with E-state index in [1.807, 2.05) is 12.1 Å². The number of nitrogens with one attached hydrogen (secondary N) is 1. The average Bonchev–Trinajstić information content (AvgIpc) is 2.84. The summed E-state index contributed by atoms with van der Waals surface area (Å²) in [4.78, 5) is 15.2. The molecule has 2 aliphatic rings. The van der Waals surface area contributed by atoms with E-state index in [-0.39, 0.29) is 24.4 Å². The molecule has 2 N–H and O–H groups in total. The van der Waals surface area contributed by atoms with Crippen LogP contribution in [-0.2, 0) is 4.79 Å². The number of likely N-dealkylation sites (tertiary alicyclic amines) is 1. The normalized spacial score (nSPS) is 24.7. The molecule has 0 bridgehead atoms. The molecule has 1 saturated carbocycles. The van der Waals surface area contributed by atoms with E-state index in [1.165, 1.54) is 0 Å². The summed E-state index contributed by atoms with van der Waals surface area (Å²) in [6, 6.07) is 10.8. The zero-order valence-electron chi connectivity index (χ0n) is 20.0. The van der Waals surface area contributed by atoms with Gasteiger partial charge in [0.2, 0.25) is 11.7 Å². The van der Waals surface area contributed by atoms with E-state index < -0.39 is 5.60 Å². The van der Waals surface area contributed by atoms with Gasteiger partial charge in [-0.3, -0.25) is 9.69 Å². The third-order valence-corrected chi connectivity index (χ3v) is 7.43. The summed E-state index contributed by atoms with van der Waals surface area (Å²) in [5.74, 6) is 1.54. The van der Waals surface area contributed by atoms with Crippen molar-refractivity contribution >= 4 is 23.2 Å². The highest BCUT2D eigenvalue weighted by molar-refractivity contribution is 6.30. The number of halogens is 1. The summed E-state index contributed by atoms with van der Waals surface area (Å²) in [5.41, 5.74) is 0.899. The first-order chi connectivity index (χ1) is 16.4. The second kappa shape index (κ2) is 10.4. The highest BCUT2D eigenvalue weighted by Crippen LogP contribution is 2.51. The molecular formula is C26H33ClN2O5. The first kappa shape index (κ1) is 24.6. The molecule has 7 nitrogen and oxygen atoms in total. The number of hydrogen-bond acceptors (Lipinski definition) is 6. The monoisotopic (exact) mass is 488 g/mol. The molecular weight excluding hydrogens is 456 g/mol. The van der Waals surface area contributed by atoms with Crippen LogP contribution in [0.2, 0.25) is 5.02 Å². The van der Waals surface area contributed by atoms with Crippen molar-refractivity contribution < 1.29 is 24.1 Å². The van der Waals surface area contributed by atoms with Gasteiger partial charge < -0.3 is 24.6 Å². The number of methoxy groups -OCH3 is 3. The number of piperidine rings is 1. The average molecular weight is 489 g/mol. The fourth-order valence-electron chi connectivity index (χ4n) is 5.55. The van der Waals surface area contributed by atoms with E-state index in [9.17, 15) is 9.90 Å². The Morgan fingerprint density at radius 1 is 1.09 bits per heavy atom.